The van der Waals surface area contributed by atoms with E-state index < -0.39 is 0 Å². The molecule has 0 aromatic heterocycles. The number of nitrogens with one attached hydrogen (secondary N) is 1. The number of aliphatic imine (C=N–C) groups is 1. The Morgan fingerprint density at radius 2 is 2.13 bits per heavy atom. The van der Waals surface area contributed by atoms with Gasteiger partial charge in [-0.2, -0.15) is 0 Å². The fourth-order valence-electron chi connectivity index (χ4n) is 1.78. The number of ether oxygens (including phenoxy) is 1. The van der Waals surface area contributed by atoms with Gasteiger partial charge in [0.25, 0.3) is 0 Å². The molecule has 1 aliphatic rings. The lowest BCUT2D eigenvalue weighted by Gasteiger charge is -2.25. The van der Waals surface area contributed by atoms with E-state index in [1.165, 1.54) is 25.1 Å². The van der Waals surface area contributed by atoms with Crippen LogP contribution >= 0.6 is 0 Å². The van der Waals surface area contributed by atoms with Crippen molar-refractivity contribution in [2.24, 2.45) is 4.99 Å². The van der Waals surface area contributed by atoms with E-state index >= 15 is 0 Å². The van der Waals surface area contributed by atoms with Crippen molar-refractivity contribution in [2.45, 2.75) is 52.1 Å². The first kappa shape index (κ1) is 12.5. The minimum atomic E-state index is -0.0937. The van der Waals surface area contributed by atoms with Crippen molar-refractivity contribution in [1.82, 2.24) is 5.32 Å². The highest BCUT2D eigenvalue weighted by molar-refractivity contribution is 5.82. The van der Waals surface area contributed by atoms with Gasteiger partial charge in [0.05, 0.1) is 11.4 Å². The highest BCUT2D eigenvalue weighted by atomic mass is 16.5. The van der Waals surface area contributed by atoms with Crippen molar-refractivity contribution in [2.75, 3.05) is 19.7 Å². The number of hydrogen-bond donors (Lipinski definition) is 1. The second-order valence-electron chi connectivity index (χ2n) is 4.69. The summed E-state index contributed by atoms with van der Waals surface area (Å²) in [7, 11) is 0. The summed E-state index contributed by atoms with van der Waals surface area (Å²) in [5.41, 5.74) is -0.0937. The smallest absolute Gasteiger partial charge is 0.0964 e. The van der Waals surface area contributed by atoms with Gasteiger partial charge in [-0.25, -0.2) is 0 Å². The summed E-state index contributed by atoms with van der Waals surface area (Å²) in [6.07, 6.45) is 4.91. The Hall–Kier alpha value is -0.570. The summed E-state index contributed by atoms with van der Waals surface area (Å²) >= 11 is 0. The van der Waals surface area contributed by atoms with Crippen molar-refractivity contribution in [3.63, 3.8) is 0 Å². The average molecular weight is 212 g/mol. The predicted molar refractivity (Wildman–Crippen MR) is 64.5 cm³/mol. The second-order valence-corrected chi connectivity index (χ2v) is 4.69. The summed E-state index contributed by atoms with van der Waals surface area (Å²) in [5.74, 6) is 1.17. The van der Waals surface area contributed by atoms with Gasteiger partial charge < -0.3 is 10.1 Å². The Kier molecular flexibility index (Phi) is 5.09. The maximum atomic E-state index is 5.63. The molecule has 88 valence electrons. The van der Waals surface area contributed by atoms with Gasteiger partial charge in [0.15, 0.2) is 0 Å². The van der Waals surface area contributed by atoms with E-state index in [0.717, 1.165) is 26.1 Å². The molecule has 0 unspecified atom stereocenters. The third-order valence-electron chi connectivity index (χ3n) is 2.63. The molecule has 0 spiro atoms. The summed E-state index contributed by atoms with van der Waals surface area (Å²) in [6.45, 7) is 8.85. The molecule has 0 atom stereocenters. The number of amidine groups is 1. The molecule has 0 saturated heterocycles. The second kappa shape index (κ2) is 6.11. The fraction of sp³-hybridized carbons (Fsp3) is 0.917. The monoisotopic (exact) mass is 212 g/mol. The van der Waals surface area contributed by atoms with E-state index in [1.807, 2.05) is 6.92 Å². The molecule has 0 radical (unpaired) electrons. The van der Waals surface area contributed by atoms with Crippen LogP contribution in [0.5, 0.6) is 0 Å². The van der Waals surface area contributed by atoms with Gasteiger partial charge in [0, 0.05) is 26.1 Å². The predicted octanol–water partition coefficient (Wildman–Crippen LogP) is 2.36. The van der Waals surface area contributed by atoms with Gasteiger partial charge >= 0.3 is 0 Å². The molecular formula is C12H24N2O. The molecule has 0 fully saturated rings. The zero-order valence-electron chi connectivity index (χ0n) is 10.3. The first-order valence-corrected chi connectivity index (χ1v) is 6.05. The lowest BCUT2D eigenvalue weighted by atomic mass is 10.1. The zero-order valence-corrected chi connectivity index (χ0v) is 10.3. The van der Waals surface area contributed by atoms with Crippen LogP contribution < -0.4 is 5.32 Å². The molecule has 0 aliphatic carbocycles. The van der Waals surface area contributed by atoms with E-state index in [-0.39, 0.29) is 5.60 Å². The Bertz CT molecular complexity index is 212. The van der Waals surface area contributed by atoms with Crippen molar-refractivity contribution >= 4 is 5.84 Å². The van der Waals surface area contributed by atoms with Crippen molar-refractivity contribution < 1.29 is 4.74 Å². The molecule has 0 bridgehead atoms. The highest BCUT2D eigenvalue weighted by Gasteiger charge is 2.17. The Labute approximate surface area is 93.3 Å². The van der Waals surface area contributed by atoms with Crippen LogP contribution in [0.1, 0.15) is 46.5 Å². The molecule has 1 rings (SSSR count). The zero-order chi connectivity index (χ0) is 11.1. The molecule has 15 heavy (non-hydrogen) atoms. The van der Waals surface area contributed by atoms with Crippen LogP contribution in [0.2, 0.25) is 0 Å². The van der Waals surface area contributed by atoms with E-state index in [2.05, 4.69) is 24.2 Å². The first-order valence-electron chi connectivity index (χ1n) is 6.05. The van der Waals surface area contributed by atoms with Crippen molar-refractivity contribution in [3.05, 3.63) is 0 Å². The van der Waals surface area contributed by atoms with E-state index in [0.29, 0.717) is 0 Å². The molecule has 0 aromatic carbocycles. The maximum Gasteiger partial charge on any atom is 0.0964 e. The number of hydrogen-bond acceptors (Lipinski definition) is 3. The summed E-state index contributed by atoms with van der Waals surface area (Å²) in [4.78, 5) is 4.54. The standard InChI is InChI=1S/C12H24N2O/c1-4-15-12(2,3)10-14-11-8-6-5-7-9-13-11/h4-10H2,1-3H3,(H,13,14). The van der Waals surface area contributed by atoms with Crippen molar-refractivity contribution in [1.29, 1.82) is 0 Å². The van der Waals surface area contributed by atoms with Crippen LogP contribution in [-0.2, 0) is 4.74 Å². The van der Waals surface area contributed by atoms with E-state index in [9.17, 15) is 0 Å². The van der Waals surface area contributed by atoms with E-state index in [1.54, 1.807) is 0 Å². The lowest BCUT2D eigenvalue weighted by molar-refractivity contribution is -0.00578. The van der Waals surface area contributed by atoms with Crippen LogP contribution in [0.15, 0.2) is 4.99 Å². The van der Waals surface area contributed by atoms with Crippen LogP contribution in [0.25, 0.3) is 0 Å². The first-order chi connectivity index (χ1) is 7.14. The Morgan fingerprint density at radius 1 is 1.33 bits per heavy atom. The third-order valence-corrected chi connectivity index (χ3v) is 2.63. The van der Waals surface area contributed by atoms with Gasteiger partial charge in [-0.1, -0.05) is 6.42 Å². The third kappa shape index (κ3) is 5.17. The van der Waals surface area contributed by atoms with Crippen molar-refractivity contribution in [3.8, 4) is 0 Å². The maximum absolute atomic E-state index is 5.63. The lowest BCUT2D eigenvalue weighted by Crippen LogP contribution is -2.40. The summed E-state index contributed by atoms with van der Waals surface area (Å²) in [6, 6.07) is 0. The Balaban J connectivity index is 2.31. The highest BCUT2D eigenvalue weighted by Crippen LogP contribution is 2.09. The minimum absolute atomic E-state index is 0.0937. The Morgan fingerprint density at radius 3 is 2.87 bits per heavy atom. The van der Waals surface area contributed by atoms with Gasteiger partial charge in [-0.05, 0) is 33.6 Å². The van der Waals surface area contributed by atoms with Gasteiger partial charge in [-0.15, -0.1) is 0 Å². The largest absolute Gasteiger partial charge is 0.374 e. The van der Waals surface area contributed by atoms with Gasteiger partial charge in [0.1, 0.15) is 0 Å². The summed E-state index contributed by atoms with van der Waals surface area (Å²) < 4.78 is 5.63. The molecule has 0 amide bonds. The van der Waals surface area contributed by atoms with Crippen LogP contribution in [0.3, 0.4) is 0 Å². The molecular weight excluding hydrogens is 188 g/mol. The molecule has 3 nitrogen and oxygen atoms in total. The normalized spacial score (nSPS) is 18.2. The number of nitrogens with zero attached hydrogens (tertiary/aromatic N) is 1. The van der Waals surface area contributed by atoms with Gasteiger partial charge in [-0.3, -0.25) is 4.99 Å². The molecule has 0 aromatic rings. The SMILES string of the molecule is CCOC(C)(C)CNC1=NCCCCC1. The number of rotatable bonds is 4. The molecule has 1 N–H and O–H groups in total. The molecule has 1 heterocycles. The van der Waals surface area contributed by atoms with Crippen LogP contribution in [0, 0.1) is 0 Å². The molecule has 3 heteroatoms. The van der Waals surface area contributed by atoms with Crippen LogP contribution in [-0.4, -0.2) is 31.1 Å². The molecule has 1 aliphatic heterocycles. The molecule has 0 saturated carbocycles. The fourth-order valence-corrected chi connectivity index (χ4v) is 1.78. The topological polar surface area (TPSA) is 33.6 Å². The van der Waals surface area contributed by atoms with Crippen LogP contribution in [0.4, 0.5) is 0 Å². The average Bonchev–Trinajstić information content (AvgIpc) is 2.43. The quantitative estimate of drug-likeness (QED) is 0.776. The van der Waals surface area contributed by atoms with Gasteiger partial charge in [0.2, 0.25) is 0 Å². The summed E-state index contributed by atoms with van der Waals surface area (Å²) in [5, 5.41) is 3.41. The minimum Gasteiger partial charge on any atom is -0.374 e. The van der Waals surface area contributed by atoms with E-state index in [4.69, 9.17) is 4.74 Å².